The number of aryl methyl sites for hydroxylation is 1. The number of halogens is 1. The summed E-state index contributed by atoms with van der Waals surface area (Å²) in [5.74, 6) is 0.0666. The van der Waals surface area contributed by atoms with Crippen molar-refractivity contribution in [2.24, 2.45) is 0 Å². The molecule has 0 fully saturated rings. The first-order valence-corrected chi connectivity index (χ1v) is 7.59. The van der Waals surface area contributed by atoms with Crippen LogP contribution in [0.2, 0.25) is 0 Å². The highest BCUT2D eigenvalue weighted by Crippen LogP contribution is 2.28. The molecule has 0 saturated heterocycles. The van der Waals surface area contributed by atoms with E-state index >= 15 is 0 Å². The lowest BCUT2D eigenvalue weighted by atomic mass is 9.98. The van der Waals surface area contributed by atoms with Gasteiger partial charge in [0.05, 0.1) is 12.3 Å². The van der Waals surface area contributed by atoms with Crippen molar-refractivity contribution in [3.63, 3.8) is 0 Å². The Labute approximate surface area is 129 Å². The minimum atomic E-state index is -0.201. The van der Waals surface area contributed by atoms with Crippen LogP contribution >= 0.6 is 0 Å². The number of hydrogen-bond donors (Lipinski definition) is 0. The number of methoxy groups -OCH3 is 1. The summed E-state index contributed by atoms with van der Waals surface area (Å²) in [7, 11) is 1.72. The summed E-state index contributed by atoms with van der Waals surface area (Å²) in [6.45, 7) is 5.99. The van der Waals surface area contributed by atoms with E-state index in [4.69, 9.17) is 4.74 Å². The lowest BCUT2D eigenvalue weighted by Crippen LogP contribution is -2.36. The van der Waals surface area contributed by atoms with Crippen molar-refractivity contribution in [2.45, 2.75) is 32.5 Å². The van der Waals surface area contributed by atoms with E-state index in [-0.39, 0.29) is 11.7 Å². The van der Waals surface area contributed by atoms with E-state index in [1.165, 1.54) is 17.8 Å². The first-order valence-electron chi connectivity index (χ1n) is 7.59. The average molecular weight is 304 g/mol. The SMILES string of the molecule is CCn1nnc2c1[C@H](COC)CN(Cc1ccc(F)cc1)C2. The van der Waals surface area contributed by atoms with Crippen molar-refractivity contribution < 1.29 is 9.13 Å². The van der Waals surface area contributed by atoms with Crippen LogP contribution in [0.4, 0.5) is 4.39 Å². The summed E-state index contributed by atoms with van der Waals surface area (Å²) in [5, 5.41) is 8.56. The van der Waals surface area contributed by atoms with Crippen molar-refractivity contribution in [1.29, 1.82) is 0 Å². The summed E-state index contributed by atoms with van der Waals surface area (Å²) in [4.78, 5) is 2.31. The molecule has 0 saturated carbocycles. The third-order valence-electron chi connectivity index (χ3n) is 4.07. The molecule has 2 aromatic rings. The Kier molecular flexibility index (Phi) is 4.49. The summed E-state index contributed by atoms with van der Waals surface area (Å²) in [6, 6.07) is 6.67. The number of rotatable bonds is 5. The van der Waals surface area contributed by atoms with Gasteiger partial charge in [-0.25, -0.2) is 9.07 Å². The lowest BCUT2D eigenvalue weighted by molar-refractivity contribution is 0.131. The summed E-state index contributed by atoms with van der Waals surface area (Å²) >= 11 is 0. The van der Waals surface area contributed by atoms with Crippen molar-refractivity contribution in [2.75, 3.05) is 20.3 Å². The standard InChI is InChI=1S/C16H21FN4O/c1-3-21-16-13(11-22-2)9-20(10-15(16)18-19-21)8-12-4-6-14(17)7-5-12/h4-7,13H,3,8-11H2,1-2H3/t13-/m0/s1. The average Bonchev–Trinajstić information content (AvgIpc) is 2.93. The van der Waals surface area contributed by atoms with Crippen molar-refractivity contribution >= 4 is 0 Å². The van der Waals surface area contributed by atoms with Gasteiger partial charge in [0.25, 0.3) is 0 Å². The molecule has 0 amide bonds. The number of aromatic nitrogens is 3. The molecule has 3 rings (SSSR count). The minimum Gasteiger partial charge on any atom is -0.384 e. The van der Waals surface area contributed by atoms with Crippen molar-refractivity contribution in [3.05, 3.63) is 47.0 Å². The molecule has 1 aliphatic rings. The van der Waals surface area contributed by atoms with E-state index in [1.54, 1.807) is 7.11 Å². The van der Waals surface area contributed by atoms with Crippen LogP contribution in [0.5, 0.6) is 0 Å². The predicted octanol–water partition coefficient (Wildman–Crippen LogP) is 2.18. The monoisotopic (exact) mass is 304 g/mol. The number of ether oxygens (including phenoxy) is 1. The second-order valence-electron chi connectivity index (χ2n) is 5.69. The molecule has 0 N–H and O–H groups in total. The third kappa shape index (κ3) is 3.03. The zero-order valence-corrected chi connectivity index (χ0v) is 13.0. The molecule has 1 atom stereocenters. The van der Waals surface area contributed by atoms with Crippen LogP contribution in [0.25, 0.3) is 0 Å². The Morgan fingerprint density at radius 1 is 1.32 bits per heavy atom. The van der Waals surface area contributed by atoms with Crippen molar-refractivity contribution in [1.82, 2.24) is 19.9 Å². The van der Waals surface area contributed by atoms with Gasteiger partial charge in [-0.15, -0.1) is 5.10 Å². The minimum absolute atomic E-state index is 0.201. The Morgan fingerprint density at radius 3 is 2.77 bits per heavy atom. The molecule has 1 aromatic heterocycles. The van der Waals surface area contributed by atoms with E-state index in [9.17, 15) is 4.39 Å². The largest absolute Gasteiger partial charge is 0.384 e. The van der Waals surface area contributed by atoms with Crippen LogP contribution in [-0.2, 0) is 24.4 Å². The maximum atomic E-state index is 13.0. The molecule has 6 heteroatoms. The second-order valence-corrected chi connectivity index (χ2v) is 5.69. The Morgan fingerprint density at radius 2 is 2.09 bits per heavy atom. The molecule has 22 heavy (non-hydrogen) atoms. The fraction of sp³-hybridized carbons (Fsp3) is 0.500. The van der Waals surface area contributed by atoms with Gasteiger partial charge in [0.1, 0.15) is 11.5 Å². The second kappa shape index (κ2) is 6.54. The van der Waals surface area contributed by atoms with E-state index < -0.39 is 0 Å². The predicted molar refractivity (Wildman–Crippen MR) is 80.8 cm³/mol. The topological polar surface area (TPSA) is 43.2 Å². The molecule has 0 aliphatic carbocycles. The first-order chi connectivity index (χ1) is 10.7. The van der Waals surface area contributed by atoms with Crippen LogP contribution in [-0.4, -0.2) is 40.2 Å². The zero-order chi connectivity index (χ0) is 15.5. The van der Waals surface area contributed by atoms with Gasteiger partial charge < -0.3 is 4.74 Å². The van der Waals surface area contributed by atoms with Gasteiger partial charge in [-0.05, 0) is 24.6 Å². The van der Waals surface area contributed by atoms with E-state index in [2.05, 4.69) is 22.1 Å². The smallest absolute Gasteiger partial charge is 0.123 e. The molecule has 0 unspecified atom stereocenters. The van der Waals surface area contributed by atoms with Gasteiger partial charge in [0.2, 0.25) is 0 Å². The number of fused-ring (bicyclic) bond motifs is 1. The van der Waals surface area contributed by atoms with Gasteiger partial charge in [0, 0.05) is 39.2 Å². The summed E-state index contributed by atoms with van der Waals surface area (Å²) in [5.41, 5.74) is 3.32. The highest BCUT2D eigenvalue weighted by Gasteiger charge is 2.30. The van der Waals surface area contributed by atoms with E-state index in [0.717, 1.165) is 37.4 Å². The molecule has 0 spiro atoms. The molecule has 1 aromatic carbocycles. The van der Waals surface area contributed by atoms with Crippen molar-refractivity contribution in [3.8, 4) is 0 Å². The molecular weight excluding hydrogens is 283 g/mol. The van der Waals surface area contributed by atoms with Crippen LogP contribution in [0, 0.1) is 5.82 Å². The van der Waals surface area contributed by atoms with Crippen LogP contribution in [0.1, 0.15) is 29.8 Å². The maximum Gasteiger partial charge on any atom is 0.123 e. The quantitative estimate of drug-likeness (QED) is 0.849. The molecule has 2 heterocycles. The normalized spacial score (nSPS) is 18.4. The summed E-state index contributed by atoms with van der Waals surface area (Å²) in [6.07, 6.45) is 0. The van der Waals surface area contributed by atoms with Gasteiger partial charge in [0.15, 0.2) is 0 Å². The highest BCUT2D eigenvalue weighted by atomic mass is 19.1. The summed E-state index contributed by atoms with van der Waals surface area (Å²) < 4.78 is 20.4. The van der Waals surface area contributed by atoms with Gasteiger partial charge in [-0.3, -0.25) is 4.90 Å². The van der Waals surface area contributed by atoms with Gasteiger partial charge >= 0.3 is 0 Å². The molecule has 118 valence electrons. The Balaban J connectivity index is 1.79. The van der Waals surface area contributed by atoms with Crippen LogP contribution in [0.3, 0.4) is 0 Å². The van der Waals surface area contributed by atoms with E-state index in [0.29, 0.717) is 6.61 Å². The fourth-order valence-corrected chi connectivity index (χ4v) is 3.12. The molecule has 0 radical (unpaired) electrons. The van der Waals surface area contributed by atoms with Crippen LogP contribution < -0.4 is 0 Å². The Bertz CT molecular complexity index is 626. The number of nitrogens with zero attached hydrogens (tertiary/aromatic N) is 4. The van der Waals surface area contributed by atoms with Gasteiger partial charge in [-0.1, -0.05) is 17.3 Å². The zero-order valence-electron chi connectivity index (χ0n) is 13.0. The fourth-order valence-electron chi connectivity index (χ4n) is 3.12. The third-order valence-corrected chi connectivity index (χ3v) is 4.07. The Hall–Kier alpha value is -1.79. The maximum absolute atomic E-state index is 13.0. The number of hydrogen-bond acceptors (Lipinski definition) is 4. The van der Waals surface area contributed by atoms with Gasteiger partial charge in [-0.2, -0.15) is 0 Å². The molecule has 5 nitrogen and oxygen atoms in total. The first kappa shape index (κ1) is 15.1. The number of benzene rings is 1. The molecule has 1 aliphatic heterocycles. The molecule has 0 bridgehead atoms. The lowest BCUT2D eigenvalue weighted by Gasteiger charge is -2.32. The molecular formula is C16H21FN4O. The van der Waals surface area contributed by atoms with E-state index in [1.807, 2.05) is 16.8 Å². The van der Waals surface area contributed by atoms with Crippen LogP contribution in [0.15, 0.2) is 24.3 Å². The highest BCUT2D eigenvalue weighted by molar-refractivity contribution is 5.21.